The van der Waals surface area contributed by atoms with Crippen LogP contribution in [0.2, 0.25) is 0 Å². The fourth-order valence-corrected chi connectivity index (χ4v) is 2.51. The van der Waals surface area contributed by atoms with Crippen molar-refractivity contribution in [2.45, 2.75) is 13.8 Å². The molecule has 0 aliphatic rings. The molecule has 0 fully saturated rings. The third-order valence-electron chi connectivity index (χ3n) is 3.79. The van der Waals surface area contributed by atoms with Gasteiger partial charge in [-0.3, -0.25) is 9.59 Å². The van der Waals surface area contributed by atoms with Crippen molar-refractivity contribution in [1.29, 1.82) is 0 Å². The first kappa shape index (κ1) is 18.1. The molecule has 27 heavy (non-hydrogen) atoms. The Morgan fingerprint density at radius 1 is 0.852 bits per heavy atom. The number of nitrogens with zero attached hydrogens (tertiary/aromatic N) is 1. The van der Waals surface area contributed by atoms with E-state index >= 15 is 0 Å². The number of amides is 2. The summed E-state index contributed by atoms with van der Waals surface area (Å²) in [5, 5.41) is 8.70. The lowest BCUT2D eigenvalue weighted by atomic mass is 10.2. The molecule has 0 atom stereocenters. The zero-order valence-electron chi connectivity index (χ0n) is 15.1. The van der Waals surface area contributed by atoms with E-state index in [0.717, 1.165) is 5.69 Å². The highest BCUT2D eigenvalue weighted by atomic mass is 16.2. The molecule has 2 aromatic carbocycles. The Balaban J connectivity index is 1.71. The van der Waals surface area contributed by atoms with Crippen LogP contribution in [0.1, 0.15) is 22.8 Å². The Kier molecular flexibility index (Phi) is 5.47. The lowest BCUT2D eigenvalue weighted by molar-refractivity contribution is -0.114. The van der Waals surface area contributed by atoms with Crippen molar-refractivity contribution in [1.82, 2.24) is 4.98 Å². The minimum atomic E-state index is -0.260. The smallest absolute Gasteiger partial charge is 0.255 e. The van der Waals surface area contributed by atoms with Gasteiger partial charge in [0, 0.05) is 35.7 Å². The largest absolute Gasteiger partial charge is 0.340 e. The minimum absolute atomic E-state index is 0.167. The van der Waals surface area contributed by atoms with E-state index in [1.165, 1.54) is 12.5 Å². The summed E-state index contributed by atoms with van der Waals surface area (Å²) in [6.45, 7) is 3.46. The highest BCUT2D eigenvalue weighted by Gasteiger charge is 2.08. The van der Waals surface area contributed by atoms with Gasteiger partial charge in [-0.2, -0.15) is 0 Å². The van der Waals surface area contributed by atoms with Crippen LogP contribution in [0.4, 0.5) is 22.9 Å². The molecule has 0 aliphatic carbocycles. The van der Waals surface area contributed by atoms with E-state index in [4.69, 9.17) is 0 Å². The van der Waals surface area contributed by atoms with E-state index in [0.29, 0.717) is 22.8 Å². The third-order valence-corrected chi connectivity index (χ3v) is 3.79. The predicted molar refractivity (Wildman–Crippen MR) is 107 cm³/mol. The Labute approximate surface area is 157 Å². The van der Waals surface area contributed by atoms with Gasteiger partial charge in [0.05, 0.1) is 0 Å². The Bertz CT molecular complexity index is 968. The molecule has 1 aromatic heterocycles. The molecular formula is C21H20N4O2. The van der Waals surface area contributed by atoms with Crippen LogP contribution in [0.3, 0.4) is 0 Å². The summed E-state index contributed by atoms with van der Waals surface area (Å²) in [6, 6.07) is 18.2. The van der Waals surface area contributed by atoms with E-state index in [1.54, 1.807) is 42.6 Å². The van der Waals surface area contributed by atoms with Gasteiger partial charge in [0.2, 0.25) is 5.91 Å². The van der Waals surface area contributed by atoms with Crippen molar-refractivity contribution in [2.24, 2.45) is 0 Å². The first-order chi connectivity index (χ1) is 13.0. The summed E-state index contributed by atoms with van der Waals surface area (Å²) in [5.41, 5.74) is 3.76. The van der Waals surface area contributed by atoms with Crippen LogP contribution in [0.5, 0.6) is 0 Å². The highest BCUT2D eigenvalue weighted by molar-refractivity contribution is 6.05. The van der Waals surface area contributed by atoms with Gasteiger partial charge in [-0.05, 0) is 49.4 Å². The molecule has 6 heteroatoms. The van der Waals surface area contributed by atoms with Crippen molar-refractivity contribution < 1.29 is 9.59 Å². The van der Waals surface area contributed by atoms with Gasteiger partial charge in [-0.25, -0.2) is 4.98 Å². The molecule has 0 spiro atoms. The molecule has 2 amide bonds. The average Bonchev–Trinajstić information content (AvgIpc) is 2.64. The van der Waals surface area contributed by atoms with Gasteiger partial charge in [0.1, 0.15) is 5.82 Å². The molecule has 0 radical (unpaired) electrons. The molecule has 6 nitrogen and oxygen atoms in total. The monoisotopic (exact) mass is 360 g/mol. The molecular weight excluding hydrogens is 340 g/mol. The zero-order valence-corrected chi connectivity index (χ0v) is 15.1. The first-order valence-corrected chi connectivity index (χ1v) is 8.48. The zero-order chi connectivity index (χ0) is 19.2. The molecule has 3 rings (SSSR count). The number of hydrogen-bond acceptors (Lipinski definition) is 4. The van der Waals surface area contributed by atoms with Gasteiger partial charge in [0.15, 0.2) is 0 Å². The van der Waals surface area contributed by atoms with Gasteiger partial charge in [0.25, 0.3) is 5.91 Å². The highest BCUT2D eigenvalue weighted by Crippen LogP contribution is 2.18. The van der Waals surface area contributed by atoms with Crippen molar-refractivity contribution in [2.75, 3.05) is 16.0 Å². The molecule has 3 aromatic rings. The molecule has 1 heterocycles. The van der Waals surface area contributed by atoms with Gasteiger partial charge < -0.3 is 16.0 Å². The summed E-state index contributed by atoms with van der Waals surface area (Å²) in [5.74, 6) is 0.155. The van der Waals surface area contributed by atoms with Gasteiger partial charge in [-0.15, -0.1) is 0 Å². The predicted octanol–water partition coefficient (Wildman–Crippen LogP) is 4.34. The van der Waals surface area contributed by atoms with E-state index in [9.17, 15) is 9.59 Å². The van der Waals surface area contributed by atoms with Crippen LogP contribution in [0.25, 0.3) is 0 Å². The average molecular weight is 360 g/mol. The number of rotatable bonds is 5. The van der Waals surface area contributed by atoms with E-state index in [-0.39, 0.29) is 11.8 Å². The molecule has 0 unspecified atom stereocenters. The van der Waals surface area contributed by atoms with Gasteiger partial charge >= 0.3 is 0 Å². The third kappa shape index (κ3) is 5.15. The number of benzene rings is 2. The summed E-state index contributed by atoms with van der Waals surface area (Å²) in [7, 11) is 0. The van der Waals surface area contributed by atoms with Crippen molar-refractivity contribution in [3.05, 3.63) is 78.0 Å². The maximum Gasteiger partial charge on any atom is 0.255 e. The lowest BCUT2D eigenvalue weighted by Crippen LogP contribution is -2.13. The minimum Gasteiger partial charge on any atom is -0.340 e. The normalized spacial score (nSPS) is 10.1. The number of aromatic nitrogens is 1. The summed E-state index contributed by atoms with van der Waals surface area (Å²) in [4.78, 5) is 28.0. The van der Waals surface area contributed by atoms with Crippen LogP contribution in [0.15, 0.2) is 66.9 Å². The Morgan fingerprint density at radius 3 is 2.26 bits per heavy atom. The van der Waals surface area contributed by atoms with Crippen molar-refractivity contribution in [3.63, 3.8) is 0 Å². The maximum absolute atomic E-state index is 12.5. The van der Waals surface area contributed by atoms with Gasteiger partial charge in [-0.1, -0.05) is 23.8 Å². The second-order valence-corrected chi connectivity index (χ2v) is 6.14. The molecule has 3 N–H and O–H groups in total. The second kappa shape index (κ2) is 8.14. The van der Waals surface area contributed by atoms with E-state index in [1.807, 2.05) is 31.2 Å². The quantitative estimate of drug-likeness (QED) is 0.632. The molecule has 0 aliphatic heterocycles. The van der Waals surface area contributed by atoms with Crippen LogP contribution in [0, 0.1) is 6.92 Å². The van der Waals surface area contributed by atoms with Crippen molar-refractivity contribution >= 4 is 34.7 Å². The number of nitrogens with one attached hydrogen (secondary N) is 3. The Morgan fingerprint density at radius 2 is 1.56 bits per heavy atom. The lowest BCUT2D eigenvalue weighted by Gasteiger charge is -2.10. The number of carbonyl (C=O) groups excluding carboxylic acids is 2. The van der Waals surface area contributed by atoms with Crippen LogP contribution in [-0.2, 0) is 4.79 Å². The van der Waals surface area contributed by atoms with Crippen LogP contribution < -0.4 is 16.0 Å². The number of pyridine rings is 1. The topological polar surface area (TPSA) is 83.1 Å². The summed E-state index contributed by atoms with van der Waals surface area (Å²) < 4.78 is 0. The fourth-order valence-electron chi connectivity index (χ4n) is 2.51. The SMILES string of the molecule is CC(=O)Nc1cccc(NC(=O)c2ccnc(Nc3ccc(C)cc3)c2)c1. The molecule has 0 saturated carbocycles. The molecule has 136 valence electrons. The molecule has 0 saturated heterocycles. The van der Waals surface area contributed by atoms with Crippen molar-refractivity contribution in [3.8, 4) is 0 Å². The number of aryl methyl sites for hydroxylation is 1. The fraction of sp³-hybridized carbons (Fsp3) is 0.0952. The van der Waals surface area contributed by atoms with Crippen LogP contribution >= 0.6 is 0 Å². The summed E-state index contributed by atoms with van der Waals surface area (Å²) in [6.07, 6.45) is 1.58. The van der Waals surface area contributed by atoms with Crippen LogP contribution in [-0.4, -0.2) is 16.8 Å². The maximum atomic E-state index is 12.5. The van der Waals surface area contributed by atoms with E-state index in [2.05, 4.69) is 20.9 Å². The summed E-state index contributed by atoms with van der Waals surface area (Å²) >= 11 is 0. The number of anilines is 4. The Hall–Kier alpha value is -3.67. The number of hydrogen-bond donors (Lipinski definition) is 3. The second-order valence-electron chi connectivity index (χ2n) is 6.14. The van der Waals surface area contributed by atoms with E-state index < -0.39 is 0 Å². The standard InChI is InChI=1S/C21H20N4O2/c1-14-6-8-17(9-7-14)24-20-12-16(10-11-22-20)21(27)25-19-5-3-4-18(13-19)23-15(2)26/h3-13H,1-2H3,(H,22,24)(H,23,26)(H,25,27). The first-order valence-electron chi connectivity index (χ1n) is 8.48. The molecule has 0 bridgehead atoms. The number of carbonyl (C=O) groups is 2.